The van der Waals surface area contributed by atoms with Crippen LogP contribution in [0.5, 0.6) is 0 Å². The van der Waals surface area contributed by atoms with E-state index in [-0.39, 0.29) is 11.5 Å². The third kappa shape index (κ3) is 2.83. The molecule has 0 fully saturated rings. The summed E-state index contributed by atoms with van der Waals surface area (Å²) in [6, 6.07) is 13.4. The second-order valence-corrected chi connectivity index (χ2v) is 8.87. The molecular formula is C22H15BrN4O2S. The molecule has 0 bridgehead atoms. The first-order chi connectivity index (χ1) is 14.5. The van der Waals surface area contributed by atoms with E-state index in [1.54, 1.807) is 11.0 Å². The zero-order valence-electron chi connectivity index (χ0n) is 15.9. The molecule has 8 heteroatoms. The number of rotatable bonds is 3. The van der Waals surface area contributed by atoms with Gasteiger partial charge in [0.1, 0.15) is 4.53 Å². The Balaban J connectivity index is 1.75. The average Bonchev–Trinajstić information content (AvgIpc) is 3.34. The highest BCUT2D eigenvalue weighted by atomic mass is 79.9. The van der Waals surface area contributed by atoms with E-state index in [0.717, 1.165) is 26.9 Å². The fraction of sp³-hybridized carbons (Fsp3) is 0.0909. The minimum Gasteiger partial charge on any atom is -0.304 e. The molecule has 6 nitrogen and oxygen atoms in total. The Morgan fingerprint density at radius 3 is 2.77 bits per heavy atom. The van der Waals surface area contributed by atoms with Gasteiger partial charge in [0, 0.05) is 22.1 Å². The van der Waals surface area contributed by atoms with Gasteiger partial charge in [0.2, 0.25) is 4.96 Å². The summed E-state index contributed by atoms with van der Waals surface area (Å²) in [7, 11) is 0. The molecule has 1 aliphatic heterocycles. The second kappa shape index (κ2) is 7.00. The fourth-order valence-corrected chi connectivity index (χ4v) is 4.98. The number of carbonyl (C=O) groups is 1. The van der Waals surface area contributed by atoms with Crippen LogP contribution in [0.4, 0.5) is 5.69 Å². The molecule has 0 saturated heterocycles. The van der Waals surface area contributed by atoms with Gasteiger partial charge in [-0.1, -0.05) is 57.1 Å². The molecule has 0 atom stereocenters. The third-order valence-corrected chi connectivity index (χ3v) is 6.47. The summed E-state index contributed by atoms with van der Waals surface area (Å²) in [5.41, 5.74) is 3.46. The Kier molecular flexibility index (Phi) is 4.41. The predicted octanol–water partition coefficient (Wildman–Crippen LogP) is 3.34. The van der Waals surface area contributed by atoms with E-state index in [1.807, 2.05) is 49.4 Å². The van der Waals surface area contributed by atoms with E-state index < -0.39 is 0 Å². The van der Waals surface area contributed by atoms with Crippen molar-refractivity contribution in [2.75, 3.05) is 11.4 Å². The van der Waals surface area contributed by atoms with Crippen LogP contribution < -0.4 is 15.0 Å². The molecular weight excluding hydrogens is 464 g/mol. The topological polar surface area (TPSA) is 67.6 Å². The maximum Gasteiger partial charge on any atom is 0.291 e. The normalized spacial score (nSPS) is 15.1. The Morgan fingerprint density at radius 1 is 1.20 bits per heavy atom. The van der Waals surface area contributed by atoms with Gasteiger partial charge in [0.15, 0.2) is 5.82 Å². The number of aryl methyl sites for hydroxylation is 1. The first-order valence-corrected chi connectivity index (χ1v) is 10.8. The highest BCUT2D eigenvalue weighted by Gasteiger charge is 2.34. The van der Waals surface area contributed by atoms with E-state index in [9.17, 15) is 9.59 Å². The van der Waals surface area contributed by atoms with Gasteiger partial charge in [0.05, 0.1) is 11.3 Å². The molecule has 2 aromatic heterocycles. The molecule has 1 aliphatic rings. The number of amides is 1. The number of carbonyl (C=O) groups excluding carboxylic acids is 1. The molecule has 0 N–H and O–H groups in total. The number of thiazole rings is 1. The minimum absolute atomic E-state index is 0.219. The quantitative estimate of drug-likeness (QED) is 0.423. The van der Waals surface area contributed by atoms with Gasteiger partial charge in [0.25, 0.3) is 11.5 Å². The Bertz CT molecular complexity index is 1470. The number of halogens is 1. The van der Waals surface area contributed by atoms with Crippen LogP contribution in [0, 0.1) is 6.92 Å². The second-order valence-electron chi connectivity index (χ2n) is 6.98. The SMILES string of the molecule is C=CCN1C(=O)C(=c2sc3nc(-c4cccc(C)c4)nn3c2=O)c2cc(Br)ccc21. The zero-order chi connectivity index (χ0) is 21.0. The first-order valence-electron chi connectivity index (χ1n) is 9.21. The van der Waals surface area contributed by atoms with Gasteiger partial charge in [-0.05, 0) is 31.2 Å². The number of fused-ring (bicyclic) bond motifs is 2. The molecule has 0 spiro atoms. The van der Waals surface area contributed by atoms with E-state index >= 15 is 0 Å². The van der Waals surface area contributed by atoms with E-state index in [0.29, 0.717) is 27.4 Å². The van der Waals surface area contributed by atoms with Crippen LogP contribution in [0.1, 0.15) is 11.1 Å². The van der Waals surface area contributed by atoms with Crippen molar-refractivity contribution in [2.24, 2.45) is 0 Å². The summed E-state index contributed by atoms with van der Waals surface area (Å²) in [6.45, 7) is 6.10. The lowest BCUT2D eigenvalue weighted by molar-refractivity contribution is -0.112. The molecule has 2 aromatic carbocycles. The van der Waals surface area contributed by atoms with Gasteiger partial charge in [-0.15, -0.1) is 11.7 Å². The van der Waals surface area contributed by atoms with Gasteiger partial charge < -0.3 is 4.90 Å². The third-order valence-electron chi connectivity index (χ3n) is 4.95. The van der Waals surface area contributed by atoms with E-state index in [2.05, 4.69) is 32.6 Å². The Hall–Kier alpha value is -3.10. The van der Waals surface area contributed by atoms with Gasteiger partial charge in [-0.25, -0.2) is 0 Å². The lowest BCUT2D eigenvalue weighted by Gasteiger charge is -2.14. The molecule has 148 valence electrons. The Labute approximate surface area is 183 Å². The summed E-state index contributed by atoms with van der Waals surface area (Å²) in [5, 5.41) is 4.41. The summed E-state index contributed by atoms with van der Waals surface area (Å²) < 4.78 is 2.46. The lowest BCUT2D eigenvalue weighted by atomic mass is 10.1. The van der Waals surface area contributed by atoms with Crippen LogP contribution in [-0.4, -0.2) is 27.0 Å². The van der Waals surface area contributed by atoms with Crippen molar-refractivity contribution >= 4 is 49.4 Å². The van der Waals surface area contributed by atoms with Crippen LogP contribution in [0.15, 0.2) is 64.4 Å². The molecule has 4 aromatic rings. The van der Waals surface area contributed by atoms with Crippen molar-refractivity contribution in [3.63, 3.8) is 0 Å². The van der Waals surface area contributed by atoms with Gasteiger partial charge >= 0.3 is 0 Å². The van der Waals surface area contributed by atoms with Crippen LogP contribution in [-0.2, 0) is 4.79 Å². The van der Waals surface area contributed by atoms with E-state index in [4.69, 9.17) is 0 Å². The molecule has 1 amide bonds. The minimum atomic E-state index is -0.337. The van der Waals surface area contributed by atoms with Crippen LogP contribution >= 0.6 is 27.3 Å². The summed E-state index contributed by atoms with van der Waals surface area (Å²) in [4.78, 5) is 33.0. The van der Waals surface area contributed by atoms with Crippen molar-refractivity contribution in [2.45, 2.75) is 6.92 Å². The molecule has 0 aliphatic carbocycles. The highest BCUT2D eigenvalue weighted by molar-refractivity contribution is 9.10. The molecule has 0 saturated carbocycles. The maximum absolute atomic E-state index is 13.2. The van der Waals surface area contributed by atoms with Crippen molar-refractivity contribution < 1.29 is 4.79 Å². The zero-order valence-corrected chi connectivity index (χ0v) is 18.3. The fourth-order valence-electron chi connectivity index (χ4n) is 3.62. The smallest absolute Gasteiger partial charge is 0.291 e. The molecule has 5 rings (SSSR count). The molecule has 0 unspecified atom stereocenters. The van der Waals surface area contributed by atoms with Crippen molar-refractivity contribution in [3.8, 4) is 11.4 Å². The largest absolute Gasteiger partial charge is 0.304 e. The number of benzene rings is 2. The summed E-state index contributed by atoms with van der Waals surface area (Å²) in [5.74, 6) is 0.274. The van der Waals surface area contributed by atoms with Crippen LogP contribution in [0.25, 0.3) is 21.9 Å². The predicted molar refractivity (Wildman–Crippen MR) is 122 cm³/mol. The van der Waals surface area contributed by atoms with Crippen molar-refractivity contribution in [1.29, 1.82) is 0 Å². The Morgan fingerprint density at radius 2 is 2.03 bits per heavy atom. The average molecular weight is 479 g/mol. The highest BCUT2D eigenvalue weighted by Crippen LogP contribution is 2.37. The number of hydrogen-bond donors (Lipinski definition) is 0. The van der Waals surface area contributed by atoms with Crippen LogP contribution in [0.2, 0.25) is 0 Å². The summed E-state index contributed by atoms with van der Waals surface area (Å²) in [6.07, 6.45) is 1.67. The number of nitrogens with zero attached hydrogens (tertiary/aromatic N) is 4. The monoisotopic (exact) mass is 478 g/mol. The number of anilines is 1. The maximum atomic E-state index is 13.2. The van der Waals surface area contributed by atoms with Crippen molar-refractivity contribution in [1.82, 2.24) is 14.6 Å². The molecule has 30 heavy (non-hydrogen) atoms. The van der Waals surface area contributed by atoms with Crippen LogP contribution in [0.3, 0.4) is 0 Å². The van der Waals surface area contributed by atoms with Gasteiger partial charge in [-0.3, -0.25) is 9.59 Å². The molecule has 3 heterocycles. The number of hydrogen-bond acceptors (Lipinski definition) is 5. The summed E-state index contributed by atoms with van der Waals surface area (Å²) >= 11 is 4.65. The van der Waals surface area contributed by atoms with E-state index in [1.165, 1.54) is 15.9 Å². The van der Waals surface area contributed by atoms with Crippen molar-refractivity contribution in [3.05, 3.63) is 85.6 Å². The standard InChI is InChI=1S/C22H15BrN4O2S/c1-3-9-26-16-8-7-14(23)11-15(16)17(20(26)28)18-21(29)27-22(30-18)24-19(25-27)13-6-4-5-12(2)10-13/h3-8,10-11H,1,9H2,2H3. The van der Waals surface area contributed by atoms with Gasteiger partial charge in [-0.2, -0.15) is 9.50 Å². The number of aromatic nitrogens is 3. The lowest BCUT2D eigenvalue weighted by Crippen LogP contribution is -2.32. The first kappa shape index (κ1) is 18.9. The molecule has 0 radical (unpaired) electrons.